The number of anilines is 1. The Bertz CT molecular complexity index is 532. The number of hydrogen-bond acceptors (Lipinski definition) is 6. The van der Waals surface area contributed by atoms with Crippen LogP contribution in [0.3, 0.4) is 0 Å². The quantitative estimate of drug-likeness (QED) is 0.625. The Kier molecular flexibility index (Phi) is 2.88. The van der Waals surface area contributed by atoms with Gasteiger partial charge in [0.1, 0.15) is 5.60 Å². The van der Waals surface area contributed by atoms with Crippen LogP contribution in [0, 0.1) is 28.4 Å². The van der Waals surface area contributed by atoms with Crippen molar-refractivity contribution in [3.63, 3.8) is 0 Å². The van der Waals surface area contributed by atoms with E-state index in [1.807, 2.05) is 6.07 Å². The predicted molar refractivity (Wildman–Crippen MR) is 63.0 cm³/mol. The Morgan fingerprint density at radius 1 is 1.72 bits per heavy atom. The third kappa shape index (κ3) is 1.98. The van der Waals surface area contributed by atoms with Crippen molar-refractivity contribution in [1.29, 1.82) is 5.26 Å². The predicted octanol–water partition coefficient (Wildman–Crippen LogP) is 0.763. The third-order valence-electron chi connectivity index (χ3n) is 2.97. The molecule has 0 spiro atoms. The van der Waals surface area contributed by atoms with Gasteiger partial charge in [0.15, 0.2) is 0 Å². The number of nitriles is 1. The first-order valence-electron chi connectivity index (χ1n) is 5.41. The normalized spacial score (nSPS) is 16.8. The maximum atomic E-state index is 11.0. The van der Waals surface area contributed by atoms with Gasteiger partial charge in [0, 0.05) is 11.8 Å². The average molecular weight is 248 g/mol. The highest BCUT2D eigenvalue weighted by atomic mass is 16.6. The molecule has 0 amide bonds. The van der Waals surface area contributed by atoms with Crippen molar-refractivity contribution in [3.05, 3.63) is 27.9 Å². The van der Waals surface area contributed by atoms with Crippen LogP contribution in [0.15, 0.2) is 12.3 Å². The summed E-state index contributed by atoms with van der Waals surface area (Å²) in [5, 5.41) is 29.4. The van der Waals surface area contributed by atoms with Gasteiger partial charge in [0.2, 0.25) is 5.82 Å². The molecule has 0 bridgehead atoms. The molecule has 1 aromatic heterocycles. The number of hydrogen-bond donors (Lipinski definition) is 1. The zero-order chi connectivity index (χ0) is 13.3. The van der Waals surface area contributed by atoms with Gasteiger partial charge in [-0.2, -0.15) is 5.26 Å². The second-order valence-corrected chi connectivity index (χ2v) is 4.47. The van der Waals surface area contributed by atoms with Crippen LogP contribution in [0.25, 0.3) is 0 Å². The lowest BCUT2D eigenvalue weighted by atomic mass is 9.91. The molecule has 1 aromatic rings. The van der Waals surface area contributed by atoms with E-state index in [0.29, 0.717) is 5.56 Å². The summed E-state index contributed by atoms with van der Waals surface area (Å²) in [6, 6.07) is 3.47. The molecule has 2 rings (SSSR count). The van der Waals surface area contributed by atoms with Crippen LogP contribution in [-0.2, 0) is 0 Å². The average Bonchev–Trinajstić information content (AvgIpc) is 2.25. The number of aromatic nitrogens is 1. The molecule has 1 saturated heterocycles. The van der Waals surface area contributed by atoms with Crippen molar-refractivity contribution in [3.8, 4) is 6.07 Å². The lowest BCUT2D eigenvalue weighted by Gasteiger charge is -2.45. The summed E-state index contributed by atoms with van der Waals surface area (Å²) in [7, 11) is 0. The van der Waals surface area contributed by atoms with Gasteiger partial charge >= 0.3 is 5.69 Å². The Labute approximate surface area is 103 Å². The molecule has 1 N–H and O–H groups in total. The number of pyridine rings is 1. The molecule has 0 aliphatic carbocycles. The number of β-amino-alcohol motifs (C(OH)–C–C–N with tert-alkyl or cyclic N) is 1. The van der Waals surface area contributed by atoms with Gasteiger partial charge in [0.05, 0.1) is 30.5 Å². The van der Waals surface area contributed by atoms with Gasteiger partial charge in [-0.3, -0.25) is 10.1 Å². The van der Waals surface area contributed by atoms with E-state index in [9.17, 15) is 15.2 Å². The van der Waals surface area contributed by atoms with E-state index >= 15 is 0 Å². The van der Waals surface area contributed by atoms with E-state index in [1.54, 1.807) is 17.9 Å². The molecule has 0 saturated carbocycles. The molecule has 0 aromatic carbocycles. The minimum Gasteiger partial charge on any atom is -0.385 e. The van der Waals surface area contributed by atoms with Crippen LogP contribution in [0.4, 0.5) is 11.5 Å². The highest BCUT2D eigenvalue weighted by molar-refractivity contribution is 5.63. The number of nitrogens with zero attached hydrogens (tertiary/aromatic N) is 4. The van der Waals surface area contributed by atoms with Crippen molar-refractivity contribution in [2.45, 2.75) is 18.9 Å². The molecule has 0 radical (unpaired) electrons. The summed E-state index contributed by atoms with van der Waals surface area (Å²) < 4.78 is 0. The molecule has 1 fully saturated rings. The van der Waals surface area contributed by atoms with Crippen molar-refractivity contribution in [1.82, 2.24) is 4.98 Å². The molecule has 2 heterocycles. The molecule has 1 aliphatic rings. The Balaban J connectivity index is 2.25. The standard InChI is InChI=1S/C11H12N4O3/c1-8-2-5-13-10(9(8)15(17)18)14-6-11(16,7-14)3-4-12/h2,5,16H,3,6-7H2,1H3. The van der Waals surface area contributed by atoms with Crippen LogP contribution in [0.5, 0.6) is 0 Å². The summed E-state index contributed by atoms with van der Waals surface area (Å²) in [6.07, 6.45) is 1.52. The fourth-order valence-corrected chi connectivity index (χ4v) is 2.07. The molecular weight excluding hydrogens is 236 g/mol. The number of aliphatic hydroxyl groups is 1. The molecule has 1 aliphatic heterocycles. The lowest BCUT2D eigenvalue weighted by Crippen LogP contribution is -2.62. The Hall–Kier alpha value is -2.20. The Morgan fingerprint density at radius 2 is 2.39 bits per heavy atom. The van der Waals surface area contributed by atoms with Crippen molar-refractivity contribution in [2.75, 3.05) is 18.0 Å². The van der Waals surface area contributed by atoms with Gasteiger partial charge < -0.3 is 10.0 Å². The van der Waals surface area contributed by atoms with Crippen molar-refractivity contribution in [2.24, 2.45) is 0 Å². The maximum Gasteiger partial charge on any atom is 0.314 e. The van der Waals surface area contributed by atoms with E-state index in [0.717, 1.165) is 0 Å². The van der Waals surface area contributed by atoms with Crippen LogP contribution in [0.1, 0.15) is 12.0 Å². The monoisotopic (exact) mass is 248 g/mol. The molecule has 0 atom stereocenters. The highest BCUT2D eigenvalue weighted by Gasteiger charge is 2.44. The first kappa shape index (κ1) is 12.3. The van der Waals surface area contributed by atoms with E-state index in [1.165, 1.54) is 6.20 Å². The van der Waals surface area contributed by atoms with Gasteiger partial charge in [-0.25, -0.2) is 4.98 Å². The summed E-state index contributed by atoms with van der Waals surface area (Å²) in [5.74, 6) is 0.252. The van der Waals surface area contributed by atoms with Crippen LogP contribution in [0.2, 0.25) is 0 Å². The van der Waals surface area contributed by atoms with E-state index in [4.69, 9.17) is 5.26 Å². The van der Waals surface area contributed by atoms with Gasteiger partial charge in [-0.05, 0) is 13.0 Å². The summed E-state index contributed by atoms with van der Waals surface area (Å²) in [4.78, 5) is 16.1. The van der Waals surface area contributed by atoms with E-state index in [2.05, 4.69) is 4.98 Å². The minimum atomic E-state index is -1.08. The fourth-order valence-electron chi connectivity index (χ4n) is 2.07. The summed E-state index contributed by atoms with van der Waals surface area (Å²) >= 11 is 0. The van der Waals surface area contributed by atoms with Gasteiger partial charge in [-0.15, -0.1) is 0 Å². The lowest BCUT2D eigenvalue weighted by molar-refractivity contribution is -0.385. The molecule has 7 nitrogen and oxygen atoms in total. The van der Waals surface area contributed by atoms with Gasteiger partial charge in [0.25, 0.3) is 0 Å². The topological polar surface area (TPSA) is 103 Å². The van der Waals surface area contributed by atoms with E-state index < -0.39 is 10.5 Å². The number of aryl methyl sites for hydroxylation is 1. The zero-order valence-corrected chi connectivity index (χ0v) is 9.83. The maximum absolute atomic E-state index is 11.0. The molecular formula is C11H12N4O3. The van der Waals surface area contributed by atoms with E-state index in [-0.39, 0.29) is 31.0 Å². The number of rotatable bonds is 3. The molecule has 94 valence electrons. The Morgan fingerprint density at radius 3 is 2.94 bits per heavy atom. The van der Waals surface area contributed by atoms with Gasteiger partial charge in [-0.1, -0.05) is 0 Å². The zero-order valence-electron chi connectivity index (χ0n) is 9.83. The highest BCUT2D eigenvalue weighted by Crippen LogP contribution is 2.35. The molecule has 18 heavy (non-hydrogen) atoms. The second kappa shape index (κ2) is 4.23. The largest absolute Gasteiger partial charge is 0.385 e. The smallest absolute Gasteiger partial charge is 0.314 e. The summed E-state index contributed by atoms with van der Waals surface area (Å²) in [5.41, 5.74) is -0.592. The first-order chi connectivity index (χ1) is 8.47. The SMILES string of the molecule is Cc1ccnc(N2CC(O)(CC#N)C2)c1[N+](=O)[O-]. The first-order valence-corrected chi connectivity index (χ1v) is 5.41. The number of nitro groups is 1. The molecule has 7 heteroatoms. The van der Waals surface area contributed by atoms with Crippen LogP contribution in [-0.4, -0.2) is 33.7 Å². The fraction of sp³-hybridized carbons (Fsp3) is 0.455. The van der Waals surface area contributed by atoms with Crippen molar-refractivity contribution < 1.29 is 10.0 Å². The molecule has 0 unspecified atom stereocenters. The van der Waals surface area contributed by atoms with Crippen molar-refractivity contribution >= 4 is 11.5 Å². The second-order valence-electron chi connectivity index (χ2n) is 4.47. The van der Waals surface area contributed by atoms with Crippen LogP contribution >= 0.6 is 0 Å². The van der Waals surface area contributed by atoms with Crippen LogP contribution < -0.4 is 4.90 Å². The third-order valence-corrected chi connectivity index (χ3v) is 2.97. The minimum absolute atomic E-state index is 0.0170. The summed E-state index contributed by atoms with van der Waals surface area (Å²) in [6.45, 7) is 2.03.